The maximum Gasteiger partial charge on any atom is 0.325 e. The van der Waals surface area contributed by atoms with Crippen molar-refractivity contribution in [2.75, 3.05) is 13.7 Å². The molecule has 0 saturated carbocycles. The number of aromatic amines is 2. The number of carbonyl (C=O) groups excluding carboxylic acids is 2. The highest BCUT2D eigenvalue weighted by atomic mass is 16.5. The number of esters is 1. The van der Waals surface area contributed by atoms with Crippen LogP contribution in [0, 0.1) is 0 Å². The lowest BCUT2D eigenvalue weighted by atomic mass is 10.0. The molecule has 1 amide bonds. The second kappa shape index (κ2) is 5.38. The van der Waals surface area contributed by atoms with Crippen LogP contribution in [0.25, 0.3) is 32.7 Å². The summed E-state index contributed by atoms with van der Waals surface area (Å²) in [6.45, 7) is -0.173. The normalized spacial score (nSPS) is 11.2. The average Bonchev–Trinajstić information content (AvgIpc) is 3.22. The van der Waals surface area contributed by atoms with Gasteiger partial charge in [-0.15, -0.1) is 0 Å². The number of carbonyl (C=O) groups is 2. The van der Waals surface area contributed by atoms with Gasteiger partial charge in [0.2, 0.25) is 0 Å². The second-order valence-electron chi connectivity index (χ2n) is 5.41. The van der Waals surface area contributed by atoms with Crippen molar-refractivity contribution in [2.24, 2.45) is 0 Å². The van der Waals surface area contributed by atoms with Crippen LogP contribution < -0.4 is 5.32 Å². The zero-order valence-electron chi connectivity index (χ0n) is 12.8. The highest BCUT2D eigenvalue weighted by molar-refractivity contribution is 6.21. The number of H-pyrrole nitrogens is 2. The number of benzene rings is 2. The molecule has 0 atom stereocenters. The first-order chi connectivity index (χ1) is 11.7. The molecular weight excluding hydrogens is 308 g/mol. The van der Waals surface area contributed by atoms with Crippen molar-refractivity contribution in [1.29, 1.82) is 0 Å². The van der Waals surface area contributed by atoms with E-state index >= 15 is 0 Å². The highest BCUT2D eigenvalue weighted by Gasteiger charge is 2.17. The van der Waals surface area contributed by atoms with Gasteiger partial charge in [0.15, 0.2) is 0 Å². The first-order valence-electron chi connectivity index (χ1n) is 7.41. The third-order valence-corrected chi connectivity index (χ3v) is 4.04. The molecule has 4 rings (SSSR count). The van der Waals surface area contributed by atoms with Gasteiger partial charge < -0.3 is 15.2 Å². The predicted molar refractivity (Wildman–Crippen MR) is 89.8 cm³/mol. The number of nitrogens with one attached hydrogen (secondary N) is 3. The van der Waals surface area contributed by atoms with Crippen LogP contribution in [0.15, 0.2) is 36.5 Å². The van der Waals surface area contributed by atoms with E-state index < -0.39 is 5.97 Å². The monoisotopic (exact) mass is 322 g/mol. The maximum atomic E-state index is 12.5. The van der Waals surface area contributed by atoms with Gasteiger partial charge in [0.1, 0.15) is 6.54 Å². The number of amides is 1. The Kier molecular flexibility index (Phi) is 3.19. The number of methoxy groups -OCH3 is 1. The molecule has 0 aliphatic carbocycles. The van der Waals surface area contributed by atoms with Gasteiger partial charge in [-0.1, -0.05) is 18.2 Å². The van der Waals surface area contributed by atoms with Crippen molar-refractivity contribution in [3.63, 3.8) is 0 Å². The molecule has 0 unspecified atom stereocenters. The van der Waals surface area contributed by atoms with Crippen molar-refractivity contribution in [3.8, 4) is 0 Å². The van der Waals surface area contributed by atoms with Crippen LogP contribution in [-0.2, 0) is 9.53 Å². The number of hydrogen-bond donors (Lipinski definition) is 3. The molecule has 2 heterocycles. The Hall–Kier alpha value is -3.35. The Morgan fingerprint density at radius 3 is 2.96 bits per heavy atom. The van der Waals surface area contributed by atoms with Gasteiger partial charge in [0, 0.05) is 27.9 Å². The molecular formula is C17H14N4O3. The van der Waals surface area contributed by atoms with Gasteiger partial charge in [-0.25, -0.2) is 4.98 Å². The van der Waals surface area contributed by atoms with Crippen LogP contribution in [0.5, 0.6) is 0 Å². The molecule has 120 valence electrons. The highest BCUT2D eigenvalue weighted by Crippen LogP contribution is 2.32. The van der Waals surface area contributed by atoms with E-state index in [1.165, 1.54) is 7.11 Å². The maximum absolute atomic E-state index is 12.5. The first kappa shape index (κ1) is 14.3. The van der Waals surface area contributed by atoms with Crippen molar-refractivity contribution >= 4 is 44.6 Å². The topological polar surface area (TPSA) is 99.9 Å². The lowest BCUT2D eigenvalue weighted by Gasteiger charge is -2.05. The molecule has 0 aliphatic rings. The molecule has 0 bridgehead atoms. The smallest absolute Gasteiger partial charge is 0.325 e. The lowest BCUT2D eigenvalue weighted by Crippen LogP contribution is -2.30. The summed E-state index contributed by atoms with van der Waals surface area (Å²) in [7, 11) is 1.28. The van der Waals surface area contributed by atoms with Crippen LogP contribution in [0.2, 0.25) is 0 Å². The van der Waals surface area contributed by atoms with E-state index in [4.69, 9.17) is 0 Å². The summed E-state index contributed by atoms with van der Waals surface area (Å²) in [6.07, 6.45) is 1.86. The van der Waals surface area contributed by atoms with Crippen LogP contribution >= 0.6 is 0 Å². The minimum atomic E-state index is -0.496. The molecule has 0 fully saturated rings. The molecule has 24 heavy (non-hydrogen) atoms. The predicted octanol–water partition coefficient (Wildman–Crippen LogP) is 2.10. The number of fused-ring (bicyclic) bond motifs is 5. The molecule has 0 aliphatic heterocycles. The van der Waals surface area contributed by atoms with E-state index in [-0.39, 0.29) is 12.5 Å². The summed E-state index contributed by atoms with van der Waals surface area (Å²) in [5.74, 6) is -0.830. The van der Waals surface area contributed by atoms with Gasteiger partial charge in [-0.2, -0.15) is 0 Å². The van der Waals surface area contributed by atoms with E-state index in [0.717, 1.165) is 32.7 Å². The summed E-state index contributed by atoms with van der Waals surface area (Å²) in [4.78, 5) is 28.4. The number of aromatic nitrogens is 3. The largest absolute Gasteiger partial charge is 0.468 e. The molecule has 2 aromatic carbocycles. The van der Waals surface area contributed by atoms with E-state index in [1.807, 2.05) is 24.4 Å². The van der Waals surface area contributed by atoms with Crippen LogP contribution in [0.1, 0.15) is 10.4 Å². The van der Waals surface area contributed by atoms with E-state index in [0.29, 0.717) is 5.56 Å². The SMILES string of the molecule is COC(=O)CNC(=O)c1cccc2nc3c(ccc4c[nH][nH]c43)c12. The number of nitrogens with zero attached hydrogens (tertiary/aromatic N) is 1. The van der Waals surface area contributed by atoms with Gasteiger partial charge in [0.25, 0.3) is 5.91 Å². The molecule has 0 radical (unpaired) electrons. The molecule has 3 N–H and O–H groups in total. The van der Waals surface area contributed by atoms with E-state index in [9.17, 15) is 9.59 Å². The summed E-state index contributed by atoms with van der Waals surface area (Å²) in [6, 6.07) is 9.28. The Morgan fingerprint density at radius 1 is 1.25 bits per heavy atom. The molecule has 4 aromatic rings. The average molecular weight is 322 g/mol. The minimum Gasteiger partial charge on any atom is -0.468 e. The Labute approximate surface area is 136 Å². The minimum absolute atomic E-state index is 0.173. The van der Waals surface area contributed by atoms with E-state index in [2.05, 4.69) is 25.2 Å². The summed E-state index contributed by atoms with van der Waals surface area (Å²) in [5, 5.41) is 11.3. The first-order valence-corrected chi connectivity index (χ1v) is 7.41. The standard InChI is InChI=1S/C17H14N4O3/c1-24-13(22)8-18-17(23)11-3-2-4-12-14(11)10-6-5-9-7-19-21-15(9)16(10)20-12/h2-7,19,21H,8H2,1H3,(H,18,23). The number of hydrogen-bond acceptors (Lipinski definition) is 4. The lowest BCUT2D eigenvalue weighted by molar-refractivity contribution is -0.139. The fraction of sp³-hybridized carbons (Fsp3) is 0.118. The van der Waals surface area contributed by atoms with Crippen molar-refractivity contribution in [3.05, 3.63) is 42.1 Å². The zero-order chi connectivity index (χ0) is 16.7. The van der Waals surface area contributed by atoms with Gasteiger partial charge in [-0.05, 0) is 12.1 Å². The van der Waals surface area contributed by atoms with Gasteiger partial charge >= 0.3 is 5.97 Å². The van der Waals surface area contributed by atoms with Gasteiger partial charge in [-0.3, -0.25) is 14.7 Å². The van der Waals surface area contributed by atoms with Crippen molar-refractivity contribution in [1.82, 2.24) is 20.5 Å². The Morgan fingerprint density at radius 2 is 2.12 bits per heavy atom. The number of rotatable bonds is 3. The zero-order valence-corrected chi connectivity index (χ0v) is 12.8. The third kappa shape index (κ3) is 2.10. The van der Waals surface area contributed by atoms with Crippen LogP contribution in [0.4, 0.5) is 0 Å². The fourth-order valence-electron chi connectivity index (χ4n) is 2.91. The number of ether oxygens (including phenoxy) is 1. The molecule has 2 aromatic heterocycles. The van der Waals surface area contributed by atoms with Crippen LogP contribution in [-0.4, -0.2) is 40.7 Å². The van der Waals surface area contributed by atoms with Gasteiger partial charge in [0.05, 0.1) is 23.7 Å². The van der Waals surface area contributed by atoms with Crippen molar-refractivity contribution in [2.45, 2.75) is 0 Å². The second-order valence-corrected chi connectivity index (χ2v) is 5.41. The third-order valence-electron chi connectivity index (χ3n) is 4.04. The molecule has 7 nitrogen and oxygen atoms in total. The van der Waals surface area contributed by atoms with Crippen molar-refractivity contribution < 1.29 is 14.3 Å². The van der Waals surface area contributed by atoms with Crippen LogP contribution in [0.3, 0.4) is 0 Å². The molecule has 0 saturated heterocycles. The van der Waals surface area contributed by atoms with E-state index in [1.54, 1.807) is 12.1 Å². The molecule has 0 spiro atoms. The summed E-state index contributed by atoms with van der Waals surface area (Å²) in [5.41, 5.74) is 2.91. The fourth-order valence-corrected chi connectivity index (χ4v) is 2.91. The summed E-state index contributed by atoms with van der Waals surface area (Å²) < 4.78 is 4.54. The summed E-state index contributed by atoms with van der Waals surface area (Å²) >= 11 is 0. The molecule has 7 heteroatoms. The quantitative estimate of drug-likeness (QED) is 0.503. The Bertz CT molecular complexity index is 1090. The Balaban J connectivity index is 1.88.